The van der Waals surface area contributed by atoms with Gasteiger partial charge in [0.25, 0.3) is 0 Å². The highest BCUT2D eigenvalue weighted by molar-refractivity contribution is 7.14. The van der Waals surface area contributed by atoms with E-state index in [0.29, 0.717) is 15.7 Å². The number of nitro groups is 1. The number of rotatable bonds is 7. The minimum Gasteiger partial charge on any atom is -0.442 e. The highest BCUT2D eigenvalue weighted by Gasteiger charge is 2.32. The van der Waals surface area contributed by atoms with Gasteiger partial charge in [-0.15, -0.1) is 10.2 Å². The predicted molar refractivity (Wildman–Crippen MR) is 97.2 cm³/mol. The molecule has 0 spiro atoms. The van der Waals surface area contributed by atoms with Crippen molar-refractivity contribution in [3.8, 4) is 10.6 Å². The molecule has 1 aliphatic heterocycles. The molecule has 0 radical (unpaired) electrons. The van der Waals surface area contributed by atoms with Gasteiger partial charge in [-0.1, -0.05) is 11.3 Å². The highest BCUT2D eigenvalue weighted by atomic mass is 32.1. The molecule has 0 bridgehead atoms. The maximum absolute atomic E-state index is 14.6. The van der Waals surface area contributed by atoms with Gasteiger partial charge >= 0.3 is 6.09 Å². The molecular formula is C16H16FN5O5S. The zero-order valence-corrected chi connectivity index (χ0v) is 15.6. The van der Waals surface area contributed by atoms with E-state index in [1.54, 1.807) is 6.07 Å². The number of ether oxygens (including phenoxy) is 1. The summed E-state index contributed by atoms with van der Waals surface area (Å²) < 4.78 is 19.7. The van der Waals surface area contributed by atoms with Crippen LogP contribution >= 0.6 is 11.3 Å². The lowest BCUT2D eigenvalue weighted by molar-refractivity contribution is -0.479. The second-order valence-corrected chi connectivity index (χ2v) is 7.09. The molecule has 28 heavy (non-hydrogen) atoms. The van der Waals surface area contributed by atoms with Crippen molar-refractivity contribution < 1.29 is 23.6 Å². The Kier molecular flexibility index (Phi) is 5.78. The van der Waals surface area contributed by atoms with Gasteiger partial charge in [-0.05, 0) is 18.2 Å². The van der Waals surface area contributed by atoms with Crippen LogP contribution in [0, 0.1) is 15.9 Å². The summed E-state index contributed by atoms with van der Waals surface area (Å²) in [5, 5.41) is 21.5. The van der Waals surface area contributed by atoms with Crippen LogP contribution in [-0.2, 0) is 16.0 Å². The van der Waals surface area contributed by atoms with Crippen LogP contribution < -0.4 is 10.2 Å². The van der Waals surface area contributed by atoms with Crippen molar-refractivity contribution in [1.29, 1.82) is 0 Å². The van der Waals surface area contributed by atoms with Crippen molar-refractivity contribution >= 4 is 29.0 Å². The summed E-state index contributed by atoms with van der Waals surface area (Å²) in [7, 11) is 0. The summed E-state index contributed by atoms with van der Waals surface area (Å²) in [4.78, 5) is 34.2. The second-order valence-electron chi connectivity index (χ2n) is 6.02. The Morgan fingerprint density at radius 2 is 2.29 bits per heavy atom. The number of carbonyl (C=O) groups is 2. The average molecular weight is 409 g/mol. The number of anilines is 1. The number of hydrogen-bond donors (Lipinski definition) is 1. The lowest BCUT2D eigenvalue weighted by atomic mass is 10.2. The van der Waals surface area contributed by atoms with E-state index in [9.17, 15) is 24.1 Å². The molecule has 3 rings (SSSR count). The molecule has 1 saturated heterocycles. The Labute approximate surface area is 162 Å². The monoisotopic (exact) mass is 409 g/mol. The van der Waals surface area contributed by atoms with Crippen LogP contribution in [0.3, 0.4) is 0 Å². The van der Waals surface area contributed by atoms with E-state index in [1.807, 2.05) is 0 Å². The molecule has 10 nitrogen and oxygen atoms in total. The zero-order valence-electron chi connectivity index (χ0n) is 14.8. The van der Waals surface area contributed by atoms with Crippen molar-refractivity contribution in [1.82, 2.24) is 15.5 Å². The van der Waals surface area contributed by atoms with E-state index in [0.717, 1.165) is 11.3 Å². The molecule has 1 unspecified atom stereocenters. The fraction of sp³-hybridized carbons (Fsp3) is 0.375. The fourth-order valence-corrected chi connectivity index (χ4v) is 3.45. The van der Waals surface area contributed by atoms with E-state index < -0.39 is 22.9 Å². The Bertz CT molecular complexity index is 921. The molecule has 1 atom stereocenters. The Balaban J connectivity index is 1.71. The van der Waals surface area contributed by atoms with Crippen molar-refractivity contribution in [3.63, 3.8) is 0 Å². The standard InChI is InChI=1S/C16H16FN5O5S/c1-9(23)18-7-11-8-21(16(24)27-11)10-2-3-12(13(17)6-10)15-20-19-14(28-15)4-5-22(25)26/h2-3,6,11H,4-5,7-8H2,1H3,(H,18,23). The van der Waals surface area contributed by atoms with E-state index in [2.05, 4.69) is 15.5 Å². The highest BCUT2D eigenvalue weighted by Crippen LogP contribution is 2.30. The van der Waals surface area contributed by atoms with Crippen LogP contribution in [0.1, 0.15) is 11.9 Å². The number of aromatic nitrogens is 2. The van der Waals surface area contributed by atoms with Gasteiger partial charge in [0.05, 0.1) is 25.2 Å². The Morgan fingerprint density at radius 3 is 2.96 bits per heavy atom. The molecule has 1 aromatic carbocycles. The molecule has 1 fully saturated rings. The molecule has 148 valence electrons. The first-order chi connectivity index (χ1) is 13.3. The van der Waals surface area contributed by atoms with Crippen LogP contribution in [0.25, 0.3) is 10.6 Å². The number of carbonyl (C=O) groups excluding carboxylic acids is 2. The quantitative estimate of drug-likeness (QED) is 0.544. The van der Waals surface area contributed by atoms with Crippen LogP contribution in [0.4, 0.5) is 14.9 Å². The van der Waals surface area contributed by atoms with E-state index in [-0.39, 0.29) is 37.5 Å². The zero-order chi connectivity index (χ0) is 20.3. The molecule has 1 aliphatic rings. The van der Waals surface area contributed by atoms with E-state index in [1.165, 1.54) is 24.0 Å². The summed E-state index contributed by atoms with van der Waals surface area (Å²) >= 11 is 1.08. The smallest absolute Gasteiger partial charge is 0.414 e. The van der Waals surface area contributed by atoms with Gasteiger partial charge in [0, 0.05) is 17.4 Å². The number of hydrogen-bond acceptors (Lipinski definition) is 8. The van der Waals surface area contributed by atoms with Crippen LogP contribution in [-0.4, -0.2) is 52.9 Å². The van der Waals surface area contributed by atoms with Crippen molar-refractivity contribution in [2.45, 2.75) is 19.4 Å². The summed E-state index contributed by atoms with van der Waals surface area (Å²) in [5.74, 6) is -0.841. The first-order valence-electron chi connectivity index (χ1n) is 8.30. The third kappa shape index (κ3) is 4.57. The maximum atomic E-state index is 14.6. The van der Waals surface area contributed by atoms with Crippen LogP contribution in [0.2, 0.25) is 0 Å². The molecule has 2 amide bonds. The molecule has 1 aromatic heterocycles. The number of nitrogens with one attached hydrogen (secondary N) is 1. The Hall–Kier alpha value is -3.15. The van der Waals surface area contributed by atoms with Gasteiger partial charge in [-0.2, -0.15) is 0 Å². The van der Waals surface area contributed by atoms with Gasteiger partial charge in [0.1, 0.15) is 16.9 Å². The van der Waals surface area contributed by atoms with Gasteiger partial charge in [0.15, 0.2) is 5.01 Å². The fourth-order valence-electron chi connectivity index (χ4n) is 2.59. The predicted octanol–water partition coefficient (Wildman–Crippen LogP) is 1.62. The summed E-state index contributed by atoms with van der Waals surface area (Å²) in [5.41, 5.74) is 0.505. The first kappa shape index (κ1) is 19.6. The number of amides is 2. The minimum atomic E-state index is -0.625. The van der Waals surface area contributed by atoms with Gasteiger partial charge in [-0.25, -0.2) is 9.18 Å². The third-order valence-electron chi connectivity index (χ3n) is 3.92. The topological polar surface area (TPSA) is 128 Å². The SMILES string of the molecule is CC(=O)NCC1CN(c2ccc(-c3nnc(CC[N+](=O)[O-])s3)c(F)c2)C(=O)O1. The molecule has 12 heteroatoms. The number of halogens is 1. The van der Waals surface area contributed by atoms with E-state index in [4.69, 9.17) is 4.74 Å². The largest absolute Gasteiger partial charge is 0.442 e. The van der Waals surface area contributed by atoms with Gasteiger partial charge < -0.3 is 10.1 Å². The number of benzene rings is 1. The van der Waals surface area contributed by atoms with Gasteiger partial charge in [-0.3, -0.25) is 19.8 Å². The lowest BCUT2D eigenvalue weighted by Crippen LogP contribution is -2.33. The average Bonchev–Trinajstić information content (AvgIpc) is 3.24. The molecule has 0 saturated carbocycles. The number of cyclic esters (lactones) is 1. The maximum Gasteiger partial charge on any atom is 0.414 e. The van der Waals surface area contributed by atoms with Crippen molar-refractivity contribution in [2.75, 3.05) is 24.5 Å². The Morgan fingerprint density at radius 1 is 1.50 bits per heavy atom. The van der Waals surface area contributed by atoms with E-state index >= 15 is 0 Å². The normalized spacial score (nSPS) is 16.1. The molecule has 0 aliphatic carbocycles. The van der Waals surface area contributed by atoms with Crippen molar-refractivity contribution in [3.05, 3.63) is 39.1 Å². The molecular weight excluding hydrogens is 393 g/mol. The lowest BCUT2D eigenvalue weighted by Gasteiger charge is -2.14. The molecule has 2 aromatic rings. The summed E-state index contributed by atoms with van der Waals surface area (Å²) in [6, 6.07) is 4.21. The summed E-state index contributed by atoms with van der Waals surface area (Å²) in [6.45, 7) is 1.45. The third-order valence-corrected chi connectivity index (χ3v) is 4.94. The minimum absolute atomic E-state index is 0.125. The van der Waals surface area contributed by atoms with Crippen LogP contribution in [0.5, 0.6) is 0 Å². The molecule has 2 heterocycles. The van der Waals surface area contributed by atoms with Crippen molar-refractivity contribution in [2.24, 2.45) is 0 Å². The van der Waals surface area contributed by atoms with Crippen LogP contribution in [0.15, 0.2) is 18.2 Å². The second kappa shape index (κ2) is 8.25. The van der Waals surface area contributed by atoms with Gasteiger partial charge in [0.2, 0.25) is 12.5 Å². The number of nitrogens with zero attached hydrogens (tertiary/aromatic N) is 4. The molecule has 1 N–H and O–H groups in total. The first-order valence-corrected chi connectivity index (χ1v) is 9.12. The summed E-state index contributed by atoms with van der Waals surface area (Å²) in [6.07, 6.45) is -1.02.